The summed E-state index contributed by atoms with van der Waals surface area (Å²) >= 11 is 0. The molecule has 98 valence electrons. The molecule has 0 saturated carbocycles. The highest BCUT2D eigenvalue weighted by molar-refractivity contribution is 5.39. The number of hydrogen-bond acceptors (Lipinski definition) is 3. The highest BCUT2D eigenvalue weighted by Crippen LogP contribution is 2.13. The lowest BCUT2D eigenvalue weighted by Gasteiger charge is -2.04. The summed E-state index contributed by atoms with van der Waals surface area (Å²) in [6.07, 6.45) is 5.99. The first-order valence-corrected chi connectivity index (χ1v) is 6.41. The van der Waals surface area contributed by atoms with Gasteiger partial charge in [-0.25, -0.2) is 0 Å². The van der Waals surface area contributed by atoms with Gasteiger partial charge in [-0.2, -0.15) is 10.2 Å². The number of nitrogens with zero attached hydrogens (tertiary/aromatic N) is 4. The van der Waals surface area contributed by atoms with Crippen LogP contribution in [0.4, 0.5) is 5.69 Å². The van der Waals surface area contributed by atoms with Crippen molar-refractivity contribution in [2.45, 2.75) is 46.8 Å². The molecule has 0 fully saturated rings. The summed E-state index contributed by atoms with van der Waals surface area (Å²) in [7, 11) is 0. The molecule has 0 amide bonds. The third-order valence-corrected chi connectivity index (χ3v) is 2.99. The Morgan fingerprint density at radius 2 is 2.11 bits per heavy atom. The SMILES string of the molecule is CCn1cc(CNc2cnn(C(C)C)c2)c(C)n1. The summed E-state index contributed by atoms with van der Waals surface area (Å²) in [6, 6.07) is 0.394. The van der Waals surface area contributed by atoms with E-state index >= 15 is 0 Å². The molecule has 0 bridgehead atoms. The average molecular weight is 247 g/mol. The molecular formula is C13H21N5. The van der Waals surface area contributed by atoms with E-state index in [1.165, 1.54) is 5.56 Å². The summed E-state index contributed by atoms with van der Waals surface area (Å²) in [5, 5.41) is 12.1. The molecule has 18 heavy (non-hydrogen) atoms. The van der Waals surface area contributed by atoms with E-state index in [0.29, 0.717) is 6.04 Å². The number of rotatable bonds is 5. The van der Waals surface area contributed by atoms with Gasteiger partial charge in [0.15, 0.2) is 0 Å². The van der Waals surface area contributed by atoms with Crippen molar-refractivity contribution in [2.75, 3.05) is 5.32 Å². The molecule has 0 spiro atoms. The monoisotopic (exact) mass is 247 g/mol. The van der Waals surface area contributed by atoms with E-state index in [4.69, 9.17) is 0 Å². The van der Waals surface area contributed by atoms with Crippen LogP contribution in [0.5, 0.6) is 0 Å². The quantitative estimate of drug-likeness (QED) is 0.883. The first-order chi connectivity index (χ1) is 8.60. The fourth-order valence-corrected chi connectivity index (χ4v) is 1.80. The van der Waals surface area contributed by atoms with Crippen molar-refractivity contribution >= 4 is 5.69 Å². The number of aryl methyl sites for hydroxylation is 2. The van der Waals surface area contributed by atoms with E-state index in [1.54, 1.807) is 0 Å². The van der Waals surface area contributed by atoms with Gasteiger partial charge >= 0.3 is 0 Å². The fourth-order valence-electron chi connectivity index (χ4n) is 1.80. The van der Waals surface area contributed by atoms with Gasteiger partial charge in [0.25, 0.3) is 0 Å². The number of aromatic nitrogens is 4. The third kappa shape index (κ3) is 2.72. The number of anilines is 1. The standard InChI is InChI=1S/C13H21N5/c1-5-17-8-12(11(4)16-17)6-14-13-7-15-18(9-13)10(2)3/h7-10,14H,5-6H2,1-4H3. The van der Waals surface area contributed by atoms with E-state index in [-0.39, 0.29) is 0 Å². The van der Waals surface area contributed by atoms with E-state index in [2.05, 4.69) is 42.5 Å². The minimum atomic E-state index is 0.394. The molecule has 0 radical (unpaired) electrons. The zero-order valence-electron chi connectivity index (χ0n) is 11.5. The van der Waals surface area contributed by atoms with E-state index in [9.17, 15) is 0 Å². The van der Waals surface area contributed by atoms with Crippen molar-refractivity contribution in [3.8, 4) is 0 Å². The normalized spacial score (nSPS) is 11.2. The van der Waals surface area contributed by atoms with Gasteiger partial charge in [0.05, 0.1) is 17.6 Å². The second-order valence-corrected chi connectivity index (χ2v) is 4.75. The zero-order valence-corrected chi connectivity index (χ0v) is 11.5. The Balaban J connectivity index is 1.99. The Kier molecular flexibility index (Phi) is 3.69. The largest absolute Gasteiger partial charge is 0.378 e. The second-order valence-electron chi connectivity index (χ2n) is 4.75. The molecule has 0 atom stereocenters. The van der Waals surface area contributed by atoms with Gasteiger partial charge in [-0.05, 0) is 27.7 Å². The Morgan fingerprint density at radius 3 is 2.67 bits per heavy atom. The Morgan fingerprint density at radius 1 is 1.33 bits per heavy atom. The van der Waals surface area contributed by atoms with Crippen LogP contribution in [0.2, 0.25) is 0 Å². The molecule has 5 nitrogen and oxygen atoms in total. The summed E-state index contributed by atoms with van der Waals surface area (Å²) in [4.78, 5) is 0. The first-order valence-electron chi connectivity index (χ1n) is 6.41. The molecule has 2 aromatic heterocycles. The third-order valence-electron chi connectivity index (χ3n) is 2.99. The molecule has 0 aliphatic heterocycles. The van der Waals surface area contributed by atoms with Crippen LogP contribution in [0.3, 0.4) is 0 Å². The van der Waals surface area contributed by atoms with Crippen LogP contribution in [0.15, 0.2) is 18.6 Å². The number of hydrogen-bond donors (Lipinski definition) is 1. The number of nitrogens with one attached hydrogen (secondary N) is 1. The topological polar surface area (TPSA) is 47.7 Å². The molecule has 2 rings (SSSR count). The molecule has 5 heteroatoms. The van der Waals surface area contributed by atoms with Crippen molar-refractivity contribution in [3.05, 3.63) is 29.8 Å². The van der Waals surface area contributed by atoms with Crippen LogP contribution in [-0.4, -0.2) is 19.6 Å². The zero-order chi connectivity index (χ0) is 13.1. The lowest BCUT2D eigenvalue weighted by molar-refractivity contribution is 0.532. The highest BCUT2D eigenvalue weighted by Gasteiger charge is 2.05. The van der Waals surface area contributed by atoms with Crippen molar-refractivity contribution in [3.63, 3.8) is 0 Å². The van der Waals surface area contributed by atoms with Crippen LogP contribution in [-0.2, 0) is 13.1 Å². The van der Waals surface area contributed by atoms with Gasteiger partial charge in [-0.3, -0.25) is 9.36 Å². The molecule has 0 aromatic carbocycles. The highest BCUT2D eigenvalue weighted by atomic mass is 15.3. The van der Waals surface area contributed by atoms with Gasteiger partial charge in [-0.15, -0.1) is 0 Å². The predicted octanol–water partition coefficient (Wildman–Crippen LogP) is 2.60. The van der Waals surface area contributed by atoms with Crippen LogP contribution >= 0.6 is 0 Å². The Labute approximate surface area is 108 Å². The summed E-state index contributed by atoms with van der Waals surface area (Å²) in [6.45, 7) is 10.1. The summed E-state index contributed by atoms with van der Waals surface area (Å²) < 4.78 is 3.91. The van der Waals surface area contributed by atoms with Crippen molar-refractivity contribution in [2.24, 2.45) is 0 Å². The van der Waals surface area contributed by atoms with Crippen LogP contribution < -0.4 is 5.32 Å². The predicted molar refractivity (Wildman–Crippen MR) is 72.6 cm³/mol. The first kappa shape index (κ1) is 12.7. The van der Waals surface area contributed by atoms with Gasteiger partial charge in [0.1, 0.15) is 0 Å². The molecular weight excluding hydrogens is 226 g/mol. The summed E-state index contributed by atoms with van der Waals surface area (Å²) in [5.74, 6) is 0. The average Bonchev–Trinajstić information content (AvgIpc) is 2.93. The minimum Gasteiger partial charge on any atom is -0.378 e. The maximum absolute atomic E-state index is 4.43. The molecule has 1 N–H and O–H groups in total. The summed E-state index contributed by atoms with van der Waals surface area (Å²) in [5.41, 5.74) is 3.36. The molecule has 0 aliphatic carbocycles. The smallest absolute Gasteiger partial charge is 0.0729 e. The van der Waals surface area contributed by atoms with E-state index in [0.717, 1.165) is 24.5 Å². The lowest BCUT2D eigenvalue weighted by Crippen LogP contribution is -2.01. The molecule has 2 aromatic rings. The maximum atomic E-state index is 4.43. The van der Waals surface area contributed by atoms with Gasteiger partial charge in [0, 0.05) is 37.1 Å². The van der Waals surface area contributed by atoms with Crippen LogP contribution in [0, 0.1) is 6.92 Å². The lowest BCUT2D eigenvalue weighted by atomic mass is 10.2. The van der Waals surface area contributed by atoms with Crippen molar-refractivity contribution < 1.29 is 0 Å². The Hall–Kier alpha value is -1.78. The van der Waals surface area contributed by atoms with Crippen molar-refractivity contribution in [1.29, 1.82) is 0 Å². The van der Waals surface area contributed by atoms with Gasteiger partial charge < -0.3 is 5.32 Å². The second kappa shape index (κ2) is 5.25. The Bertz CT molecular complexity index is 509. The maximum Gasteiger partial charge on any atom is 0.0729 e. The van der Waals surface area contributed by atoms with Gasteiger partial charge in [-0.1, -0.05) is 0 Å². The van der Waals surface area contributed by atoms with E-state index in [1.807, 2.05) is 28.7 Å². The van der Waals surface area contributed by atoms with Crippen molar-refractivity contribution in [1.82, 2.24) is 19.6 Å². The van der Waals surface area contributed by atoms with E-state index < -0.39 is 0 Å². The van der Waals surface area contributed by atoms with Crippen LogP contribution in [0.25, 0.3) is 0 Å². The van der Waals surface area contributed by atoms with Crippen LogP contribution in [0.1, 0.15) is 38.1 Å². The van der Waals surface area contributed by atoms with Gasteiger partial charge in [0.2, 0.25) is 0 Å². The molecule has 0 saturated heterocycles. The molecule has 0 aliphatic rings. The molecule has 2 heterocycles. The molecule has 0 unspecified atom stereocenters. The minimum absolute atomic E-state index is 0.394. The fraction of sp³-hybridized carbons (Fsp3) is 0.538.